The Morgan fingerprint density at radius 2 is 2.35 bits per heavy atom. The van der Waals surface area contributed by atoms with E-state index in [0.29, 0.717) is 23.2 Å². The summed E-state index contributed by atoms with van der Waals surface area (Å²) in [5.41, 5.74) is 0.642. The number of benzene rings is 1. The smallest absolute Gasteiger partial charge is 0.244 e. The molecule has 1 aliphatic heterocycles. The molecule has 0 bridgehead atoms. The van der Waals surface area contributed by atoms with Gasteiger partial charge in [0.2, 0.25) is 11.7 Å². The van der Waals surface area contributed by atoms with Crippen LogP contribution in [0, 0.1) is 11.7 Å². The lowest BCUT2D eigenvalue weighted by Crippen LogP contribution is -2.31. The number of hydrogen-bond acceptors (Lipinski definition) is 4. The Labute approximate surface area is 117 Å². The highest BCUT2D eigenvalue weighted by Crippen LogP contribution is 2.29. The SMILES string of the molecule is CCC1CCNC(c2nc(-c3cccc(F)c3)no2)C1. The maximum atomic E-state index is 13.2. The fraction of sp³-hybridized carbons (Fsp3) is 0.467. The van der Waals surface area contributed by atoms with Gasteiger partial charge in [0.25, 0.3) is 0 Å². The zero-order valence-corrected chi connectivity index (χ0v) is 11.5. The van der Waals surface area contributed by atoms with Crippen LogP contribution in [-0.4, -0.2) is 16.7 Å². The van der Waals surface area contributed by atoms with Crippen molar-refractivity contribution < 1.29 is 8.91 Å². The number of nitrogens with one attached hydrogen (secondary N) is 1. The zero-order valence-electron chi connectivity index (χ0n) is 11.5. The lowest BCUT2D eigenvalue weighted by atomic mass is 9.90. The van der Waals surface area contributed by atoms with Gasteiger partial charge >= 0.3 is 0 Å². The molecule has 1 fully saturated rings. The van der Waals surface area contributed by atoms with Crippen LogP contribution >= 0.6 is 0 Å². The van der Waals surface area contributed by atoms with Crippen molar-refractivity contribution >= 4 is 0 Å². The van der Waals surface area contributed by atoms with E-state index in [1.54, 1.807) is 12.1 Å². The van der Waals surface area contributed by atoms with Crippen LogP contribution in [0.5, 0.6) is 0 Å². The number of nitrogens with zero attached hydrogens (tertiary/aromatic N) is 2. The molecule has 0 saturated carbocycles. The van der Waals surface area contributed by atoms with Crippen LogP contribution in [-0.2, 0) is 0 Å². The third-order valence-electron chi connectivity index (χ3n) is 3.91. The van der Waals surface area contributed by atoms with E-state index < -0.39 is 0 Å². The van der Waals surface area contributed by atoms with E-state index in [4.69, 9.17) is 4.52 Å². The summed E-state index contributed by atoms with van der Waals surface area (Å²) >= 11 is 0. The zero-order chi connectivity index (χ0) is 13.9. The lowest BCUT2D eigenvalue weighted by Gasteiger charge is -2.27. The molecule has 1 aromatic heterocycles. The first-order valence-corrected chi connectivity index (χ1v) is 7.09. The summed E-state index contributed by atoms with van der Waals surface area (Å²) in [6.45, 7) is 3.18. The molecule has 2 unspecified atom stereocenters. The Bertz CT molecular complexity index is 584. The first kappa shape index (κ1) is 13.2. The van der Waals surface area contributed by atoms with E-state index in [-0.39, 0.29) is 11.9 Å². The van der Waals surface area contributed by atoms with Gasteiger partial charge in [0.15, 0.2) is 0 Å². The summed E-state index contributed by atoms with van der Waals surface area (Å²) in [6.07, 6.45) is 3.38. The average Bonchev–Trinajstić information content (AvgIpc) is 2.97. The van der Waals surface area contributed by atoms with Crippen LogP contribution in [0.2, 0.25) is 0 Å². The first-order valence-electron chi connectivity index (χ1n) is 7.09. The maximum absolute atomic E-state index is 13.2. The number of aromatic nitrogens is 2. The minimum Gasteiger partial charge on any atom is -0.337 e. The largest absolute Gasteiger partial charge is 0.337 e. The van der Waals surface area contributed by atoms with Crippen LogP contribution in [0.3, 0.4) is 0 Å². The number of rotatable bonds is 3. The molecule has 2 heterocycles. The van der Waals surface area contributed by atoms with Gasteiger partial charge in [-0.15, -0.1) is 0 Å². The predicted molar refractivity (Wildman–Crippen MR) is 73.5 cm³/mol. The third kappa shape index (κ3) is 2.72. The molecule has 5 heteroatoms. The monoisotopic (exact) mass is 275 g/mol. The van der Waals surface area contributed by atoms with Gasteiger partial charge in [-0.05, 0) is 37.4 Å². The van der Waals surface area contributed by atoms with Crippen LogP contribution in [0.4, 0.5) is 4.39 Å². The molecule has 4 nitrogen and oxygen atoms in total. The van der Waals surface area contributed by atoms with Crippen molar-refractivity contribution in [2.75, 3.05) is 6.54 Å². The molecule has 20 heavy (non-hydrogen) atoms. The quantitative estimate of drug-likeness (QED) is 0.933. The van der Waals surface area contributed by atoms with Crippen LogP contribution < -0.4 is 5.32 Å². The number of halogens is 1. The number of piperidine rings is 1. The standard InChI is InChI=1S/C15H18FN3O/c1-2-10-6-7-17-13(8-10)15-18-14(19-20-15)11-4-3-5-12(16)9-11/h3-5,9-10,13,17H,2,6-8H2,1H3. The van der Waals surface area contributed by atoms with Gasteiger partial charge in [-0.3, -0.25) is 0 Å². The van der Waals surface area contributed by atoms with Gasteiger partial charge in [-0.25, -0.2) is 4.39 Å². The second-order valence-corrected chi connectivity index (χ2v) is 5.27. The van der Waals surface area contributed by atoms with Crippen molar-refractivity contribution in [3.8, 4) is 11.4 Å². The highest BCUT2D eigenvalue weighted by atomic mass is 19.1. The summed E-state index contributed by atoms with van der Waals surface area (Å²) in [5, 5.41) is 7.37. The summed E-state index contributed by atoms with van der Waals surface area (Å²) in [5.74, 6) is 1.45. The molecule has 3 rings (SSSR count). The van der Waals surface area contributed by atoms with E-state index in [2.05, 4.69) is 22.4 Å². The van der Waals surface area contributed by atoms with Crippen molar-refractivity contribution in [1.29, 1.82) is 0 Å². The molecule has 0 aliphatic carbocycles. The van der Waals surface area contributed by atoms with Gasteiger partial charge in [-0.1, -0.05) is 30.6 Å². The Morgan fingerprint density at radius 1 is 1.45 bits per heavy atom. The summed E-state index contributed by atoms with van der Waals surface area (Å²) in [4.78, 5) is 4.41. The number of hydrogen-bond donors (Lipinski definition) is 1. The van der Waals surface area contributed by atoms with Crippen molar-refractivity contribution in [3.63, 3.8) is 0 Å². The molecule has 106 valence electrons. The molecular weight excluding hydrogens is 257 g/mol. The Balaban J connectivity index is 1.80. The first-order chi connectivity index (χ1) is 9.76. The molecule has 0 spiro atoms. The molecule has 0 amide bonds. The van der Waals surface area contributed by atoms with E-state index in [1.807, 2.05) is 0 Å². The predicted octanol–water partition coefficient (Wildman–Crippen LogP) is 3.33. The van der Waals surface area contributed by atoms with Gasteiger partial charge in [0.1, 0.15) is 5.82 Å². The molecule has 1 aromatic carbocycles. The van der Waals surface area contributed by atoms with Gasteiger partial charge in [0, 0.05) is 5.56 Å². The normalized spacial score (nSPS) is 22.9. The Kier molecular flexibility index (Phi) is 3.78. The summed E-state index contributed by atoms with van der Waals surface area (Å²) in [6, 6.07) is 6.35. The Morgan fingerprint density at radius 3 is 3.15 bits per heavy atom. The summed E-state index contributed by atoms with van der Waals surface area (Å²) < 4.78 is 18.6. The molecule has 1 N–H and O–H groups in total. The average molecular weight is 275 g/mol. The van der Waals surface area contributed by atoms with Crippen molar-refractivity contribution in [1.82, 2.24) is 15.5 Å². The van der Waals surface area contributed by atoms with Gasteiger partial charge in [-0.2, -0.15) is 4.98 Å². The molecular formula is C15H18FN3O. The second-order valence-electron chi connectivity index (χ2n) is 5.27. The summed E-state index contributed by atoms with van der Waals surface area (Å²) in [7, 11) is 0. The molecule has 0 radical (unpaired) electrons. The maximum Gasteiger partial charge on any atom is 0.244 e. The minimum atomic E-state index is -0.296. The fourth-order valence-electron chi connectivity index (χ4n) is 2.68. The van der Waals surface area contributed by atoms with Crippen LogP contribution in [0.15, 0.2) is 28.8 Å². The highest BCUT2D eigenvalue weighted by Gasteiger charge is 2.26. The topological polar surface area (TPSA) is 51.0 Å². The molecule has 1 aliphatic rings. The van der Waals surface area contributed by atoms with E-state index in [1.165, 1.54) is 25.0 Å². The fourth-order valence-corrected chi connectivity index (χ4v) is 2.68. The lowest BCUT2D eigenvalue weighted by molar-refractivity contribution is 0.246. The van der Waals surface area contributed by atoms with E-state index in [9.17, 15) is 4.39 Å². The van der Waals surface area contributed by atoms with E-state index in [0.717, 1.165) is 13.0 Å². The minimum absolute atomic E-state index is 0.114. The van der Waals surface area contributed by atoms with Crippen molar-refractivity contribution in [2.24, 2.45) is 5.92 Å². The second kappa shape index (κ2) is 5.71. The van der Waals surface area contributed by atoms with Crippen LogP contribution in [0.1, 0.15) is 38.1 Å². The van der Waals surface area contributed by atoms with E-state index >= 15 is 0 Å². The van der Waals surface area contributed by atoms with Crippen molar-refractivity contribution in [3.05, 3.63) is 36.0 Å². The van der Waals surface area contributed by atoms with Gasteiger partial charge in [0.05, 0.1) is 6.04 Å². The third-order valence-corrected chi connectivity index (χ3v) is 3.91. The van der Waals surface area contributed by atoms with Crippen molar-refractivity contribution in [2.45, 2.75) is 32.2 Å². The highest BCUT2D eigenvalue weighted by molar-refractivity contribution is 5.53. The van der Waals surface area contributed by atoms with Gasteiger partial charge < -0.3 is 9.84 Å². The molecule has 1 saturated heterocycles. The van der Waals surface area contributed by atoms with Crippen LogP contribution in [0.25, 0.3) is 11.4 Å². The molecule has 2 aromatic rings. The molecule has 2 atom stereocenters. The Hall–Kier alpha value is -1.75.